The molecule has 0 spiro atoms. The lowest BCUT2D eigenvalue weighted by molar-refractivity contribution is 0.0117. The summed E-state index contributed by atoms with van der Waals surface area (Å²) in [6.07, 6.45) is 3.43. The number of fused-ring (bicyclic) bond motifs is 1. The summed E-state index contributed by atoms with van der Waals surface area (Å²) in [5.74, 6) is 0.650. The minimum atomic E-state index is -0.473. The third-order valence-corrected chi connectivity index (χ3v) is 2.24. The Morgan fingerprint density at radius 3 is 2.86 bits per heavy atom. The second kappa shape index (κ2) is 3.02. The molecule has 0 fully saturated rings. The van der Waals surface area contributed by atoms with Crippen molar-refractivity contribution in [3.63, 3.8) is 0 Å². The summed E-state index contributed by atoms with van der Waals surface area (Å²) < 4.78 is 5.29. The molecular weight excluding hydrogens is 180 g/mol. The van der Waals surface area contributed by atoms with Crippen LogP contribution in [0.3, 0.4) is 0 Å². The van der Waals surface area contributed by atoms with E-state index in [2.05, 4.69) is 20.2 Å². The van der Waals surface area contributed by atoms with E-state index >= 15 is 0 Å². The Labute approximate surface area is 81.5 Å². The highest BCUT2D eigenvalue weighted by Gasteiger charge is 2.23. The Morgan fingerprint density at radius 2 is 2.14 bits per heavy atom. The molecule has 0 radical (unpaired) electrons. The third kappa shape index (κ3) is 1.35. The first-order valence-electron chi connectivity index (χ1n) is 4.35. The topological polar surface area (TPSA) is 63.7 Å². The van der Waals surface area contributed by atoms with Crippen molar-refractivity contribution in [3.8, 4) is 0 Å². The summed E-state index contributed by atoms with van der Waals surface area (Å²) in [5.41, 5.74) is 0.263. The molecule has 0 unspecified atom stereocenters. The van der Waals surface area contributed by atoms with Gasteiger partial charge in [0, 0.05) is 13.3 Å². The molecule has 2 aromatic heterocycles. The van der Waals surface area contributed by atoms with E-state index in [9.17, 15) is 0 Å². The van der Waals surface area contributed by atoms with Crippen molar-refractivity contribution >= 4 is 11.0 Å². The molecule has 0 aliphatic carbocycles. The first-order chi connectivity index (χ1) is 6.63. The molecule has 2 rings (SSSR count). The number of nitrogens with one attached hydrogen (secondary N) is 1. The van der Waals surface area contributed by atoms with Gasteiger partial charge in [-0.05, 0) is 13.8 Å². The zero-order valence-electron chi connectivity index (χ0n) is 8.40. The number of aromatic amines is 1. The molecule has 5 heteroatoms. The van der Waals surface area contributed by atoms with Gasteiger partial charge in [-0.25, -0.2) is 9.97 Å². The van der Waals surface area contributed by atoms with Crippen molar-refractivity contribution in [2.24, 2.45) is 0 Å². The predicted octanol–water partition coefficient (Wildman–Crippen LogP) is 1.23. The van der Waals surface area contributed by atoms with E-state index in [1.807, 2.05) is 13.8 Å². The lowest BCUT2D eigenvalue weighted by Crippen LogP contribution is -2.22. The molecule has 5 nitrogen and oxygen atoms in total. The number of nitrogens with zero attached hydrogens (tertiary/aromatic N) is 3. The van der Waals surface area contributed by atoms with E-state index in [4.69, 9.17) is 4.74 Å². The first-order valence-corrected chi connectivity index (χ1v) is 4.35. The molecule has 0 aliphatic rings. The molecule has 0 saturated heterocycles. The summed E-state index contributed by atoms with van der Waals surface area (Å²) in [5, 5.41) is 7.58. The molecular formula is C9H12N4O. The van der Waals surface area contributed by atoms with Crippen LogP contribution < -0.4 is 0 Å². The molecule has 0 amide bonds. The van der Waals surface area contributed by atoms with Crippen LogP contribution in [0.2, 0.25) is 0 Å². The molecule has 2 heterocycles. The van der Waals surface area contributed by atoms with E-state index in [1.54, 1.807) is 19.5 Å². The van der Waals surface area contributed by atoms with Crippen molar-refractivity contribution in [1.82, 2.24) is 20.2 Å². The van der Waals surface area contributed by atoms with Crippen molar-refractivity contribution < 1.29 is 4.74 Å². The van der Waals surface area contributed by atoms with E-state index in [0.29, 0.717) is 5.82 Å². The molecule has 1 N–H and O–H groups in total. The van der Waals surface area contributed by atoms with Gasteiger partial charge < -0.3 is 4.74 Å². The number of hydrogen-bond acceptors (Lipinski definition) is 4. The summed E-state index contributed by atoms with van der Waals surface area (Å²) in [7, 11) is 1.64. The maximum atomic E-state index is 5.29. The van der Waals surface area contributed by atoms with Gasteiger partial charge in [0.25, 0.3) is 0 Å². The quantitative estimate of drug-likeness (QED) is 0.777. The maximum Gasteiger partial charge on any atom is 0.162 e. The van der Waals surface area contributed by atoms with Gasteiger partial charge in [-0.1, -0.05) is 0 Å². The van der Waals surface area contributed by atoms with Gasteiger partial charge in [0.15, 0.2) is 11.5 Å². The largest absolute Gasteiger partial charge is 0.371 e. The van der Waals surface area contributed by atoms with Gasteiger partial charge in [0.1, 0.15) is 5.60 Å². The SMILES string of the molecule is COC(C)(C)c1ncc2cn[nH]c2n1. The summed E-state index contributed by atoms with van der Waals surface area (Å²) in [6.45, 7) is 3.84. The van der Waals surface area contributed by atoms with Crippen molar-refractivity contribution in [1.29, 1.82) is 0 Å². The molecule has 14 heavy (non-hydrogen) atoms. The highest BCUT2D eigenvalue weighted by molar-refractivity contribution is 5.72. The summed E-state index contributed by atoms with van der Waals surface area (Å²) in [6, 6.07) is 0. The zero-order chi connectivity index (χ0) is 10.2. The van der Waals surface area contributed by atoms with E-state index in [0.717, 1.165) is 11.0 Å². The van der Waals surface area contributed by atoms with Gasteiger partial charge in [-0.3, -0.25) is 5.10 Å². The van der Waals surface area contributed by atoms with Crippen molar-refractivity contribution in [2.45, 2.75) is 19.4 Å². The normalized spacial score (nSPS) is 12.2. The highest BCUT2D eigenvalue weighted by Crippen LogP contribution is 2.20. The lowest BCUT2D eigenvalue weighted by atomic mass is 10.1. The van der Waals surface area contributed by atoms with Gasteiger partial charge in [0.2, 0.25) is 0 Å². The Balaban J connectivity index is 2.53. The Hall–Kier alpha value is -1.49. The van der Waals surface area contributed by atoms with Crippen LogP contribution in [0.1, 0.15) is 19.7 Å². The fourth-order valence-electron chi connectivity index (χ4n) is 1.12. The van der Waals surface area contributed by atoms with Crippen LogP contribution in [0, 0.1) is 0 Å². The average molecular weight is 192 g/mol. The number of H-pyrrole nitrogens is 1. The minimum Gasteiger partial charge on any atom is -0.371 e. The van der Waals surface area contributed by atoms with E-state index in [-0.39, 0.29) is 0 Å². The number of aromatic nitrogens is 4. The van der Waals surface area contributed by atoms with Crippen LogP contribution in [0.4, 0.5) is 0 Å². The van der Waals surface area contributed by atoms with Crippen LogP contribution in [-0.4, -0.2) is 27.3 Å². The van der Waals surface area contributed by atoms with Crippen LogP contribution in [0.5, 0.6) is 0 Å². The van der Waals surface area contributed by atoms with Crippen molar-refractivity contribution in [2.75, 3.05) is 7.11 Å². The Kier molecular flexibility index (Phi) is 1.96. The fraction of sp³-hybridized carbons (Fsp3) is 0.444. The standard InChI is InChI=1S/C9H12N4O/c1-9(2,14-3)8-10-4-6-5-11-13-7(6)12-8/h4-5H,1-3H3,(H,10,11,12,13). The summed E-state index contributed by atoms with van der Waals surface area (Å²) >= 11 is 0. The van der Waals surface area contributed by atoms with Gasteiger partial charge in [-0.15, -0.1) is 0 Å². The van der Waals surface area contributed by atoms with Gasteiger partial charge >= 0.3 is 0 Å². The average Bonchev–Trinajstić information content (AvgIpc) is 2.64. The highest BCUT2D eigenvalue weighted by atomic mass is 16.5. The van der Waals surface area contributed by atoms with Crippen LogP contribution in [0.25, 0.3) is 11.0 Å². The smallest absolute Gasteiger partial charge is 0.162 e. The molecule has 0 aliphatic heterocycles. The van der Waals surface area contributed by atoms with Gasteiger partial charge in [-0.2, -0.15) is 5.10 Å². The molecule has 0 aromatic carbocycles. The van der Waals surface area contributed by atoms with Crippen LogP contribution >= 0.6 is 0 Å². The Morgan fingerprint density at radius 1 is 1.36 bits per heavy atom. The zero-order valence-corrected chi connectivity index (χ0v) is 8.40. The van der Waals surface area contributed by atoms with Gasteiger partial charge in [0.05, 0.1) is 11.6 Å². The van der Waals surface area contributed by atoms with Crippen molar-refractivity contribution in [3.05, 3.63) is 18.2 Å². The number of rotatable bonds is 2. The number of hydrogen-bond donors (Lipinski definition) is 1. The fourth-order valence-corrected chi connectivity index (χ4v) is 1.12. The van der Waals surface area contributed by atoms with E-state index in [1.165, 1.54) is 0 Å². The second-order valence-corrected chi connectivity index (χ2v) is 3.58. The first kappa shape index (κ1) is 9.08. The molecule has 2 aromatic rings. The lowest BCUT2D eigenvalue weighted by Gasteiger charge is -2.20. The molecule has 74 valence electrons. The van der Waals surface area contributed by atoms with E-state index < -0.39 is 5.60 Å². The monoisotopic (exact) mass is 192 g/mol. The second-order valence-electron chi connectivity index (χ2n) is 3.58. The summed E-state index contributed by atoms with van der Waals surface area (Å²) in [4.78, 5) is 8.55. The number of ether oxygens (including phenoxy) is 1. The van der Waals surface area contributed by atoms with Crippen LogP contribution in [-0.2, 0) is 10.3 Å². The molecule has 0 atom stereocenters. The number of methoxy groups -OCH3 is 1. The molecule has 0 saturated carbocycles. The predicted molar refractivity (Wildman–Crippen MR) is 51.7 cm³/mol. The maximum absolute atomic E-state index is 5.29. The third-order valence-electron chi connectivity index (χ3n) is 2.24. The van der Waals surface area contributed by atoms with Crippen LogP contribution in [0.15, 0.2) is 12.4 Å². The molecule has 0 bridgehead atoms. The Bertz CT molecular complexity index is 449. The minimum absolute atomic E-state index is 0.473.